The van der Waals surface area contributed by atoms with Gasteiger partial charge in [-0.2, -0.15) is 4.79 Å². The maximum absolute atomic E-state index is 12.0. The summed E-state index contributed by atoms with van der Waals surface area (Å²) in [5.41, 5.74) is 0.478. The van der Waals surface area contributed by atoms with Gasteiger partial charge in [-0.3, -0.25) is 4.99 Å². The van der Waals surface area contributed by atoms with Crippen LogP contribution in [0, 0.1) is 0 Å². The van der Waals surface area contributed by atoms with E-state index in [1.165, 1.54) is 0 Å². The van der Waals surface area contributed by atoms with Crippen molar-refractivity contribution in [2.75, 3.05) is 5.75 Å². The predicted molar refractivity (Wildman–Crippen MR) is 71.6 cm³/mol. The van der Waals surface area contributed by atoms with Gasteiger partial charge in [0.25, 0.3) is 5.04 Å². The maximum Gasteiger partial charge on any atom is 0.533 e. The molecule has 0 bridgehead atoms. The Hall–Kier alpha value is -1.36. The Bertz CT molecular complexity index is 456. The molecule has 0 saturated heterocycles. The third kappa shape index (κ3) is 2.85. The summed E-state index contributed by atoms with van der Waals surface area (Å²) >= 11 is 0. The van der Waals surface area contributed by atoms with Crippen molar-refractivity contribution in [3.63, 3.8) is 0 Å². The highest BCUT2D eigenvalue weighted by atomic mass is 32.2. The third-order valence-electron chi connectivity index (χ3n) is 2.10. The molecule has 0 amide bonds. The van der Waals surface area contributed by atoms with Crippen LogP contribution in [0.25, 0.3) is 0 Å². The molecule has 2 rings (SSSR count). The molecule has 17 heavy (non-hydrogen) atoms. The summed E-state index contributed by atoms with van der Waals surface area (Å²) in [6.45, 7) is 5.61. The van der Waals surface area contributed by atoms with Gasteiger partial charge in [-0.15, -0.1) is 0 Å². The quantitative estimate of drug-likeness (QED) is 0.490. The first-order chi connectivity index (χ1) is 7.97. The van der Waals surface area contributed by atoms with Crippen LogP contribution in [0.4, 0.5) is 4.79 Å². The molecule has 1 unspecified atom stereocenters. The summed E-state index contributed by atoms with van der Waals surface area (Å²) in [5, 5.41) is 0.600. The summed E-state index contributed by atoms with van der Waals surface area (Å²) in [6, 6.07) is 0. The first-order valence-electron chi connectivity index (χ1n) is 5.38. The van der Waals surface area contributed by atoms with Gasteiger partial charge < -0.3 is 4.74 Å². The standard InChI is InChI=1S/C12H15N2O2S/c1-12(2,3)16-11(15)17-7-4-9-8-13-5-6-14-10(9)17/h4-6,8H,7H2,1-3H3/q+1. The van der Waals surface area contributed by atoms with Gasteiger partial charge >= 0.3 is 5.30 Å². The maximum atomic E-state index is 12.0. The second-order valence-corrected chi connectivity index (χ2v) is 6.53. The highest BCUT2D eigenvalue weighted by molar-refractivity contribution is 8.24. The van der Waals surface area contributed by atoms with Gasteiger partial charge in [-0.25, -0.2) is 4.99 Å². The number of carbonyl (C=O) groups is 1. The predicted octanol–water partition coefficient (Wildman–Crippen LogP) is 2.43. The fraction of sp³-hybridized carbons (Fsp3) is 0.417. The molecule has 4 nitrogen and oxygen atoms in total. The van der Waals surface area contributed by atoms with E-state index in [-0.39, 0.29) is 5.30 Å². The first kappa shape index (κ1) is 12.1. The molecule has 90 valence electrons. The average molecular weight is 251 g/mol. The molecule has 0 radical (unpaired) electrons. The van der Waals surface area contributed by atoms with Gasteiger partial charge in [0.05, 0.1) is 11.8 Å². The highest BCUT2D eigenvalue weighted by Gasteiger charge is 2.45. The van der Waals surface area contributed by atoms with Crippen LogP contribution >= 0.6 is 0 Å². The van der Waals surface area contributed by atoms with Gasteiger partial charge in [0.15, 0.2) is 10.9 Å². The van der Waals surface area contributed by atoms with Crippen molar-refractivity contribution in [3.05, 3.63) is 24.0 Å². The molecule has 0 fully saturated rings. The van der Waals surface area contributed by atoms with Crippen LogP contribution in [-0.2, 0) is 15.6 Å². The lowest BCUT2D eigenvalue weighted by Crippen LogP contribution is -2.31. The van der Waals surface area contributed by atoms with Crippen LogP contribution in [0.3, 0.4) is 0 Å². The Kier molecular flexibility index (Phi) is 3.19. The number of hydrogen-bond donors (Lipinski definition) is 0. The zero-order valence-corrected chi connectivity index (χ0v) is 11.0. The Morgan fingerprint density at radius 1 is 1.41 bits per heavy atom. The Morgan fingerprint density at radius 2 is 2.18 bits per heavy atom. The largest absolute Gasteiger partial charge is 0.533 e. The lowest BCUT2D eigenvalue weighted by Gasteiger charge is -2.17. The van der Waals surface area contributed by atoms with E-state index in [0.717, 1.165) is 10.6 Å². The van der Waals surface area contributed by atoms with Crippen molar-refractivity contribution in [1.82, 2.24) is 0 Å². The third-order valence-corrected chi connectivity index (χ3v) is 3.89. The van der Waals surface area contributed by atoms with Crippen LogP contribution in [0.2, 0.25) is 0 Å². The van der Waals surface area contributed by atoms with E-state index < -0.39 is 16.5 Å². The van der Waals surface area contributed by atoms with E-state index in [0.29, 0.717) is 5.75 Å². The van der Waals surface area contributed by atoms with Gasteiger partial charge in [0.2, 0.25) is 0 Å². The monoisotopic (exact) mass is 251 g/mol. The summed E-state index contributed by atoms with van der Waals surface area (Å²) in [5.74, 6) is 0.670. The minimum atomic E-state index is -0.592. The lowest BCUT2D eigenvalue weighted by molar-refractivity contribution is 0.0734. The topological polar surface area (TPSA) is 51.0 Å². The number of carbonyl (C=O) groups excluding carboxylic acids is 1. The number of ether oxygens (including phenoxy) is 1. The number of aliphatic imine (C=N–C) groups is 2. The minimum absolute atomic E-state index is 0.189. The summed E-state index contributed by atoms with van der Waals surface area (Å²) < 4.78 is 5.40. The van der Waals surface area contributed by atoms with E-state index in [2.05, 4.69) is 9.98 Å². The fourth-order valence-electron chi connectivity index (χ4n) is 1.44. The van der Waals surface area contributed by atoms with Gasteiger partial charge in [0.1, 0.15) is 11.4 Å². The van der Waals surface area contributed by atoms with E-state index in [1.54, 1.807) is 18.6 Å². The minimum Gasteiger partial charge on any atom is -0.420 e. The molecule has 2 heterocycles. The summed E-state index contributed by atoms with van der Waals surface area (Å²) in [7, 11) is -0.592. The molecule has 0 aliphatic carbocycles. The van der Waals surface area contributed by atoms with E-state index in [1.807, 2.05) is 26.8 Å². The molecule has 5 heteroatoms. The number of fused-ring (bicyclic) bond motifs is 1. The molecule has 1 atom stereocenters. The Morgan fingerprint density at radius 3 is 2.88 bits per heavy atom. The Labute approximate surface area is 104 Å². The van der Waals surface area contributed by atoms with Gasteiger partial charge in [0, 0.05) is 12.4 Å². The Balaban J connectivity index is 2.15. The molecule has 0 aromatic carbocycles. The normalized spacial score (nSPS) is 22.6. The lowest BCUT2D eigenvalue weighted by atomic mass is 10.2. The van der Waals surface area contributed by atoms with Gasteiger partial charge in [-0.1, -0.05) is 0 Å². The van der Waals surface area contributed by atoms with Crippen molar-refractivity contribution in [1.29, 1.82) is 0 Å². The van der Waals surface area contributed by atoms with Crippen molar-refractivity contribution < 1.29 is 9.53 Å². The molecule has 0 saturated carbocycles. The summed E-state index contributed by atoms with van der Waals surface area (Å²) in [6.07, 6.45) is 6.95. The molecule has 0 aromatic heterocycles. The molecule has 2 aliphatic heterocycles. The van der Waals surface area contributed by atoms with Crippen LogP contribution in [0.15, 0.2) is 34.0 Å². The van der Waals surface area contributed by atoms with Gasteiger partial charge in [-0.05, 0) is 26.8 Å². The zero-order chi connectivity index (χ0) is 12.5. The molecular formula is C12H15N2O2S+. The highest BCUT2D eigenvalue weighted by Crippen LogP contribution is 2.23. The smallest absolute Gasteiger partial charge is 0.420 e. The zero-order valence-electron chi connectivity index (χ0n) is 10.1. The molecule has 0 aromatic rings. The van der Waals surface area contributed by atoms with Crippen molar-refractivity contribution in [2.45, 2.75) is 26.4 Å². The molecule has 2 aliphatic rings. The number of rotatable bonds is 0. The van der Waals surface area contributed by atoms with Crippen LogP contribution in [-0.4, -0.2) is 27.9 Å². The van der Waals surface area contributed by atoms with Crippen LogP contribution in [0.1, 0.15) is 20.8 Å². The SMILES string of the molecule is CC(C)(C)OC(=O)[S+]1CC=C2C=NC=CN=C21. The van der Waals surface area contributed by atoms with E-state index >= 15 is 0 Å². The van der Waals surface area contributed by atoms with E-state index in [9.17, 15) is 4.79 Å². The second kappa shape index (κ2) is 4.49. The van der Waals surface area contributed by atoms with Crippen molar-refractivity contribution in [2.24, 2.45) is 9.98 Å². The molecule has 0 spiro atoms. The number of hydrogen-bond acceptors (Lipinski definition) is 4. The average Bonchev–Trinajstić information content (AvgIpc) is 2.46. The molecule has 0 N–H and O–H groups in total. The first-order valence-corrected chi connectivity index (χ1v) is 6.77. The van der Waals surface area contributed by atoms with Crippen LogP contribution < -0.4 is 0 Å². The van der Waals surface area contributed by atoms with Crippen molar-refractivity contribution in [3.8, 4) is 0 Å². The van der Waals surface area contributed by atoms with Crippen molar-refractivity contribution >= 4 is 27.5 Å². The number of nitrogens with zero attached hydrogens (tertiary/aromatic N) is 2. The second-order valence-electron chi connectivity index (χ2n) is 4.69. The molecular weight excluding hydrogens is 236 g/mol. The van der Waals surface area contributed by atoms with E-state index in [4.69, 9.17) is 4.74 Å². The fourth-order valence-corrected chi connectivity index (χ4v) is 3.20. The van der Waals surface area contributed by atoms with Crippen LogP contribution in [0.5, 0.6) is 0 Å². The summed E-state index contributed by atoms with van der Waals surface area (Å²) in [4.78, 5) is 20.4.